The van der Waals surface area contributed by atoms with Crippen molar-refractivity contribution < 1.29 is 8.42 Å². The smallest absolute Gasteiger partial charge is 0.211 e. The van der Waals surface area contributed by atoms with E-state index in [1.54, 1.807) is 24.3 Å². The van der Waals surface area contributed by atoms with Gasteiger partial charge in [0, 0.05) is 6.54 Å². The van der Waals surface area contributed by atoms with Crippen molar-refractivity contribution in [2.24, 2.45) is 0 Å². The van der Waals surface area contributed by atoms with Gasteiger partial charge in [0.1, 0.15) is 0 Å². The molecule has 0 saturated carbocycles. The number of aryl methyl sites for hydroxylation is 3. The van der Waals surface area contributed by atoms with Crippen molar-refractivity contribution in [3.05, 3.63) is 64.7 Å². The van der Waals surface area contributed by atoms with Crippen LogP contribution in [0.5, 0.6) is 0 Å². The summed E-state index contributed by atoms with van der Waals surface area (Å²) < 4.78 is 27.0. The quantitative estimate of drug-likeness (QED) is 0.922. The molecule has 0 saturated heterocycles. The van der Waals surface area contributed by atoms with Crippen molar-refractivity contribution >= 4 is 10.0 Å². The van der Waals surface area contributed by atoms with Gasteiger partial charge in [0.25, 0.3) is 0 Å². The maximum atomic E-state index is 12.2. The molecule has 0 aliphatic carbocycles. The molecule has 0 aliphatic heterocycles. The molecule has 0 aliphatic rings. The Bertz CT molecular complexity index is 719. The summed E-state index contributed by atoms with van der Waals surface area (Å²) in [5.74, 6) is 0. The molecule has 0 spiro atoms. The summed E-state index contributed by atoms with van der Waals surface area (Å²) in [4.78, 5) is 0.314. The number of sulfonamides is 1. The Morgan fingerprint density at radius 2 is 1.52 bits per heavy atom. The van der Waals surface area contributed by atoms with Gasteiger partial charge in [0.15, 0.2) is 0 Å². The molecular formula is C17H21NO2S. The van der Waals surface area contributed by atoms with Crippen LogP contribution >= 0.6 is 0 Å². The Morgan fingerprint density at radius 3 is 2.14 bits per heavy atom. The van der Waals surface area contributed by atoms with Gasteiger partial charge in [-0.1, -0.05) is 41.5 Å². The molecule has 2 rings (SSSR count). The first kappa shape index (κ1) is 15.7. The van der Waals surface area contributed by atoms with Crippen LogP contribution in [0.4, 0.5) is 0 Å². The molecule has 0 heterocycles. The predicted molar refractivity (Wildman–Crippen MR) is 86.0 cm³/mol. The summed E-state index contributed by atoms with van der Waals surface area (Å²) in [7, 11) is -3.42. The first-order valence-electron chi connectivity index (χ1n) is 7.01. The third kappa shape index (κ3) is 4.16. The predicted octanol–water partition coefficient (Wildman–Crippen LogP) is 3.13. The molecule has 1 N–H and O–H groups in total. The van der Waals surface area contributed by atoms with Crippen molar-refractivity contribution in [3.63, 3.8) is 0 Å². The maximum Gasteiger partial charge on any atom is 0.240 e. The lowest BCUT2D eigenvalue weighted by Gasteiger charge is -2.09. The van der Waals surface area contributed by atoms with Gasteiger partial charge < -0.3 is 0 Å². The van der Waals surface area contributed by atoms with E-state index in [9.17, 15) is 8.42 Å². The molecule has 2 aromatic carbocycles. The minimum absolute atomic E-state index is 0.314. The monoisotopic (exact) mass is 303 g/mol. The number of rotatable bonds is 5. The number of benzene rings is 2. The topological polar surface area (TPSA) is 46.2 Å². The lowest BCUT2D eigenvalue weighted by atomic mass is 10.0. The molecule has 112 valence electrons. The van der Waals surface area contributed by atoms with Gasteiger partial charge in [-0.05, 0) is 50.5 Å². The number of hydrogen-bond acceptors (Lipinski definition) is 2. The molecule has 2 aromatic rings. The van der Waals surface area contributed by atoms with Crippen molar-refractivity contribution in [3.8, 4) is 0 Å². The van der Waals surface area contributed by atoms with Crippen LogP contribution in [0.25, 0.3) is 0 Å². The van der Waals surface area contributed by atoms with Crippen LogP contribution < -0.4 is 4.72 Å². The van der Waals surface area contributed by atoms with Gasteiger partial charge in [-0.3, -0.25) is 0 Å². The minimum atomic E-state index is -3.42. The van der Waals surface area contributed by atoms with E-state index in [-0.39, 0.29) is 0 Å². The van der Waals surface area contributed by atoms with Gasteiger partial charge in [0.2, 0.25) is 10.0 Å². The Balaban J connectivity index is 2.00. The fourth-order valence-electron chi connectivity index (χ4n) is 2.25. The molecule has 0 amide bonds. The van der Waals surface area contributed by atoms with E-state index in [4.69, 9.17) is 0 Å². The van der Waals surface area contributed by atoms with E-state index < -0.39 is 10.0 Å². The summed E-state index contributed by atoms with van der Waals surface area (Å²) in [6, 6.07) is 13.1. The summed E-state index contributed by atoms with van der Waals surface area (Å²) in [6.07, 6.45) is 0.692. The van der Waals surface area contributed by atoms with Gasteiger partial charge in [-0.2, -0.15) is 0 Å². The molecule has 0 unspecified atom stereocenters. The molecule has 3 nitrogen and oxygen atoms in total. The highest BCUT2D eigenvalue weighted by Gasteiger charge is 2.12. The van der Waals surface area contributed by atoms with Gasteiger partial charge >= 0.3 is 0 Å². The largest absolute Gasteiger partial charge is 0.240 e. The first-order chi connectivity index (χ1) is 9.88. The minimum Gasteiger partial charge on any atom is -0.211 e. The van der Waals surface area contributed by atoms with Crippen molar-refractivity contribution in [1.82, 2.24) is 4.72 Å². The highest BCUT2D eigenvalue weighted by molar-refractivity contribution is 7.89. The second-order valence-corrected chi connectivity index (χ2v) is 7.16. The molecule has 0 atom stereocenters. The van der Waals surface area contributed by atoms with E-state index in [2.05, 4.69) is 36.8 Å². The van der Waals surface area contributed by atoms with E-state index in [0.29, 0.717) is 17.9 Å². The third-order valence-corrected chi connectivity index (χ3v) is 4.99. The summed E-state index contributed by atoms with van der Waals surface area (Å²) in [6.45, 7) is 6.44. The van der Waals surface area contributed by atoms with Crippen LogP contribution in [-0.4, -0.2) is 15.0 Å². The summed E-state index contributed by atoms with van der Waals surface area (Å²) in [5, 5.41) is 0. The third-order valence-electron chi connectivity index (χ3n) is 3.52. The van der Waals surface area contributed by atoms with Crippen LogP contribution in [0.1, 0.15) is 22.3 Å². The standard InChI is InChI=1S/C17H21NO2S/c1-13-5-8-17(9-6-13)21(19,20)18-11-10-16-7-4-14(2)12-15(16)3/h4-9,12,18H,10-11H2,1-3H3. The van der Waals surface area contributed by atoms with E-state index >= 15 is 0 Å². The van der Waals surface area contributed by atoms with Crippen LogP contribution in [0, 0.1) is 20.8 Å². The highest BCUT2D eigenvalue weighted by Crippen LogP contribution is 2.12. The van der Waals surface area contributed by atoms with Crippen LogP contribution in [0.2, 0.25) is 0 Å². The molecule has 4 heteroatoms. The normalized spacial score (nSPS) is 11.6. The van der Waals surface area contributed by atoms with Crippen molar-refractivity contribution in [1.29, 1.82) is 0 Å². The second kappa shape index (κ2) is 6.41. The fourth-order valence-corrected chi connectivity index (χ4v) is 3.28. The van der Waals surface area contributed by atoms with E-state index in [1.165, 1.54) is 16.7 Å². The van der Waals surface area contributed by atoms with Gasteiger partial charge in [-0.25, -0.2) is 13.1 Å². The first-order valence-corrected chi connectivity index (χ1v) is 8.49. The molecular weight excluding hydrogens is 282 g/mol. The zero-order chi connectivity index (χ0) is 15.5. The summed E-state index contributed by atoms with van der Waals surface area (Å²) in [5.41, 5.74) is 4.64. The summed E-state index contributed by atoms with van der Waals surface area (Å²) >= 11 is 0. The van der Waals surface area contributed by atoms with Crippen molar-refractivity contribution in [2.75, 3.05) is 6.54 Å². The Morgan fingerprint density at radius 1 is 0.905 bits per heavy atom. The zero-order valence-electron chi connectivity index (χ0n) is 12.7. The van der Waals surface area contributed by atoms with Crippen LogP contribution in [0.15, 0.2) is 47.4 Å². The molecule has 21 heavy (non-hydrogen) atoms. The maximum absolute atomic E-state index is 12.2. The van der Waals surface area contributed by atoms with E-state index in [1.807, 2.05) is 6.92 Å². The van der Waals surface area contributed by atoms with Gasteiger partial charge in [-0.15, -0.1) is 0 Å². The number of hydrogen-bond donors (Lipinski definition) is 1. The molecule has 0 bridgehead atoms. The molecule has 0 radical (unpaired) electrons. The Labute approximate surface area is 127 Å². The van der Waals surface area contributed by atoms with Crippen LogP contribution in [0.3, 0.4) is 0 Å². The average Bonchev–Trinajstić information content (AvgIpc) is 2.41. The Hall–Kier alpha value is -1.65. The average molecular weight is 303 g/mol. The van der Waals surface area contributed by atoms with Gasteiger partial charge in [0.05, 0.1) is 4.90 Å². The highest BCUT2D eigenvalue weighted by atomic mass is 32.2. The fraction of sp³-hybridized carbons (Fsp3) is 0.294. The lowest BCUT2D eigenvalue weighted by Crippen LogP contribution is -2.26. The number of nitrogens with one attached hydrogen (secondary N) is 1. The molecule has 0 aromatic heterocycles. The van der Waals surface area contributed by atoms with Crippen molar-refractivity contribution in [2.45, 2.75) is 32.1 Å². The second-order valence-electron chi connectivity index (χ2n) is 5.39. The lowest BCUT2D eigenvalue weighted by molar-refractivity contribution is 0.581. The zero-order valence-corrected chi connectivity index (χ0v) is 13.5. The van der Waals surface area contributed by atoms with Crippen LogP contribution in [-0.2, 0) is 16.4 Å². The molecule has 0 fully saturated rings. The Kier molecular flexibility index (Phi) is 4.80. The SMILES string of the molecule is Cc1ccc(S(=O)(=O)NCCc2ccc(C)cc2C)cc1. The van der Waals surface area contributed by atoms with E-state index in [0.717, 1.165) is 5.56 Å².